The van der Waals surface area contributed by atoms with Gasteiger partial charge in [-0.25, -0.2) is 4.79 Å². The van der Waals surface area contributed by atoms with E-state index in [0.717, 1.165) is 45.5 Å². The number of thiazole rings is 1. The Morgan fingerprint density at radius 2 is 2.00 bits per heavy atom. The maximum absolute atomic E-state index is 12.6. The zero-order valence-electron chi connectivity index (χ0n) is 19.8. The average molecular weight is 534 g/mol. The molecule has 1 aromatic carbocycles. The van der Waals surface area contributed by atoms with Crippen molar-refractivity contribution in [2.24, 2.45) is 4.99 Å². The second kappa shape index (κ2) is 11.5. The molecule has 8 nitrogen and oxygen atoms in total. The number of ether oxygens (including phenoxy) is 2. The third-order valence-corrected chi connectivity index (χ3v) is 8.77. The molecule has 1 aliphatic rings. The molecule has 1 aliphatic carbocycles. The summed E-state index contributed by atoms with van der Waals surface area (Å²) in [6.07, 6.45) is 2.73. The van der Waals surface area contributed by atoms with Gasteiger partial charge in [0.05, 0.1) is 41.0 Å². The minimum absolute atomic E-state index is 0.0791. The lowest BCUT2D eigenvalue weighted by Crippen LogP contribution is -2.20. The van der Waals surface area contributed by atoms with Crippen molar-refractivity contribution < 1.29 is 23.9 Å². The largest absolute Gasteiger partial charge is 0.465 e. The summed E-state index contributed by atoms with van der Waals surface area (Å²) < 4.78 is 13.2. The van der Waals surface area contributed by atoms with Gasteiger partial charge in [-0.15, -0.1) is 23.1 Å². The first-order valence-corrected chi connectivity index (χ1v) is 14.0. The van der Waals surface area contributed by atoms with Crippen LogP contribution in [0.25, 0.3) is 10.2 Å². The quantitative estimate of drug-likeness (QED) is 0.420. The van der Waals surface area contributed by atoms with E-state index in [0.29, 0.717) is 28.5 Å². The highest BCUT2D eigenvalue weighted by Crippen LogP contribution is 2.39. The van der Waals surface area contributed by atoms with Gasteiger partial charge in [0.1, 0.15) is 5.00 Å². The van der Waals surface area contributed by atoms with Crippen LogP contribution in [0.2, 0.25) is 0 Å². The molecular weight excluding hydrogens is 506 g/mol. The molecule has 2 aromatic heterocycles. The Hall–Kier alpha value is -2.47. The van der Waals surface area contributed by atoms with Crippen LogP contribution in [0.3, 0.4) is 0 Å². The number of fused-ring (bicyclic) bond motifs is 2. The topological polar surface area (TPSA) is 99.0 Å². The van der Waals surface area contributed by atoms with Gasteiger partial charge in [-0.05, 0) is 49.4 Å². The van der Waals surface area contributed by atoms with Gasteiger partial charge in [-0.3, -0.25) is 9.59 Å². The highest BCUT2D eigenvalue weighted by Gasteiger charge is 2.28. The Morgan fingerprint density at radius 1 is 1.17 bits per heavy atom. The molecule has 0 aliphatic heterocycles. The van der Waals surface area contributed by atoms with Gasteiger partial charge in [0.15, 0.2) is 4.80 Å². The summed E-state index contributed by atoms with van der Waals surface area (Å²) in [6.45, 7) is 3.13. The van der Waals surface area contributed by atoms with Gasteiger partial charge < -0.3 is 19.4 Å². The molecule has 0 fully saturated rings. The van der Waals surface area contributed by atoms with Gasteiger partial charge in [0, 0.05) is 18.5 Å². The number of hydrogen-bond acceptors (Lipinski definition) is 8. The molecule has 2 amide bonds. The molecule has 0 bridgehead atoms. The minimum Gasteiger partial charge on any atom is -0.465 e. The van der Waals surface area contributed by atoms with Crippen LogP contribution in [-0.4, -0.2) is 54.7 Å². The molecule has 3 aromatic rings. The molecule has 0 radical (unpaired) electrons. The number of amides is 2. The second-order valence-corrected chi connectivity index (χ2v) is 11.2. The fourth-order valence-electron chi connectivity index (χ4n) is 4.01. The monoisotopic (exact) mass is 533 g/mol. The lowest BCUT2D eigenvalue weighted by atomic mass is 10.1. The normalized spacial score (nSPS) is 13.3. The van der Waals surface area contributed by atoms with E-state index in [1.807, 2.05) is 23.6 Å². The maximum Gasteiger partial charge on any atom is 0.341 e. The number of hydrogen-bond donors (Lipinski definition) is 1. The third-order valence-electron chi connectivity index (χ3n) is 5.60. The summed E-state index contributed by atoms with van der Waals surface area (Å²) in [5.74, 6) is -0.834. The Kier molecular flexibility index (Phi) is 8.42. The molecular formula is C24H27N3O5S3. The number of rotatable bonds is 9. The predicted octanol–water partition coefficient (Wildman–Crippen LogP) is 3.79. The lowest BCUT2D eigenvalue weighted by molar-refractivity contribution is -0.115. The number of thiophene rings is 1. The van der Waals surface area contributed by atoms with Gasteiger partial charge >= 0.3 is 5.97 Å². The fraction of sp³-hybridized carbons (Fsp3) is 0.417. The first-order chi connectivity index (χ1) is 16.9. The van der Waals surface area contributed by atoms with Crippen LogP contribution < -0.4 is 10.1 Å². The van der Waals surface area contributed by atoms with E-state index in [9.17, 15) is 14.4 Å². The first kappa shape index (κ1) is 25.6. The molecule has 11 heteroatoms. The van der Waals surface area contributed by atoms with Gasteiger partial charge in [-0.2, -0.15) is 4.99 Å². The summed E-state index contributed by atoms with van der Waals surface area (Å²) >= 11 is 4.09. The number of anilines is 1. The second-order valence-electron chi connectivity index (χ2n) is 8.10. The number of carbonyl (C=O) groups excluding carboxylic acids is 3. The number of aryl methyl sites for hydroxylation is 2. The number of benzene rings is 1. The molecule has 4 rings (SSSR count). The van der Waals surface area contributed by atoms with Crippen LogP contribution in [0.15, 0.2) is 23.2 Å². The van der Waals surface area contributed by atoms with Gasteiger partial charge in [0.25, 0.3) is 5.91 Å². The van der Waals surface area contributed by atoms with Crippen LogP contribution in [0.4, 0.5) is 5.00 Å². The van der Waals surface area contributed by atoms with Gasteiger partial charge in [0.2, 0.25) is 5.91 Å². The zero-order valence-corrected chi connectivity index (χ0v) is 22.3. The van der Waals surface area contributed by atoms with Crippen molar-refractivity contribution in [2.45, 2.75) is 32.7 Å². The van der Waals surface area contributed by atoms with E-state index in [1.54, 1.807) is 7.11 Å². The van der Waals surface area contributed by atoms with Crippen LogP contribution in [-0.2, 0) is 38.4 Å². The molecule has 2 heterocycles. The van der Waals surface area contributed by atoms with Crippen LogP contribution in [0, 0.1) is 6.92 Å². The summed E-state index contributed by atoms with van der Waals surface area (Å²) in [5, 5.41) is 3.36. The smallest absolute Gasteiger partial charge is 0.341 e. The molecule has 186 valence electrons. The predicted molar refractivity (Wildman–Crippen MR) is 141 cm³/mol. The maximum atomic E-state index is 12.6. The molecule has 1 N–H and O–H groups in total. The summed E-state index contributed by atoms with van der Waals surface area (Å²) in [5.41, 5.74) is 3.61. The highest BCUT2D eigenvalue weighted by molar-refractivity contribution is 8.00. The van der Waals surface area contributed by atoms with Crippen molar-refractivity contribution >= 4 is 67.4 Å². The van der Waals surface area contributed by atoms with E-state index in [2.05, 4.69) is 16.4 Å². The standard InChI is InChI=1S/C24H27N3O5S3/c1-14-7-8-16-18(11-14)35-24(27(16)9-10-31-2)26-20(29)13-33-12-19(28)25-22-21(23(30)32-3)15-5-4-6-17(15)34-22/h7-8,11H,4-6,9-10,12-13H2,1-3H3,(H,25,28). The minimum atomic E-state index is -0.429. The average Bonchev–Trinajstić information content (AvgIpc) is 3.49. The van der Waals surface area contributed by atoms with Crippen molar-refractivity contribution in [2.75, 3.05) is 37.6 Å². The van der Waals surface area contributed by atoms with Crippen molar-refractivity contribution in [3.8, 4) is 0 Å². The number of nitrogens with zero attached hydrogens (tertiary/aromatic N) is 2. The lowest BCUT2D eigenvalue weighted by Gasteiger charge is -2.06. The van der Waals surface area contributed by atoms with Crippen LogP contribution in [0.5, 0.6) is 0 Å². The number of methoxy groups -OCH3 is 2. The zero-order chi connectivity index (χ0) is 24.9. The van der Waals surface area contributed by atoms with Gasteiger partial charge in [-0.1, -0.05) is 17.4 Å². The molecule has 0 unspecified atom stereocenters. The fourth-order valence-corrected chi connectivity index (χ4v) is 7.07. The molecule has 35 heavy (non-hydrogen) atoms. The van der Waals surface area contributed by atoms with Crippen molar-refractivity contribution in [1.29, 1.82) is 0 Å². The van der Waals surface area contributed by atoms with Crippen molar-refractivity contribution in [3.63, 3.8) is 0 Å². The summed E-state index contributed by atoms with van der Waals surface area (Å²) in [7, 11) is 2.98. The van der Waals surface area contributed by atoms with E-state index >= 15 is 0 Å². The molecule has 0 saturated heterocycles. The number of carbonyl (C=O) groups is 3. The molecule has 0 atom stereocenters. The Bertz CT molecular complexity index is 1340. The van der Waals surface area contributed by atoms with Crippen molar-refractivity contribution in [3.05, 3.63) is 44.6 Å². The molecule has 0 spiro atoms. The SMILES string of the molecule is COCCn1c(=NC(=O)CSCC(=O)Nc2sc3c(c2C(=O)OC)CCC3)sc2cc(C)ccc21. The number of esters is 1. The Morgan fingerprint density at radius 3 is 2.77 bits per heavy atom. The third kappa shape index (κ3) is 5.85. The first-order valence-electron chi connectivity index (χ1n) is 11.2. The van der Waals surface area contributed by atoms with Crippen LogP contribution >= 0.6 is 34.4 Å². The number of nitrogens with one attached hydrogen (secondary N) is 1. The highest BCUT2D eigenvalue weighted by atomic mass is 32.2. The Labute approximate surface area is 215 Å². The summed E-state index contributed by atoms with van der Waals surface area (Å²) in [4.78, 5) is 43.4. The van der Waals surface area contributed by atoms with Crippen LogP contribution in [0.1, 0.15) is 32.8 Å². The van der Waals surface area contributed by atoms with E-state index in [4.69, 9.17) is 9.47 Å². The van der Waals surface area contributed by atoms with E-state index < -0.39 is 5.97 Å². The Balaban J connectivity index is 1.40. The van der Waals surface area contributed by atoms with E-state index in [-0.39, 0.29) is 23.3 Å². The number of aromatic nitrogens is 1. The number of thioether (sulfide) groups is 1. The summed E-state index contributed by atoms with van der Waals surface area (Å²) in [6, 6.07) is 6.14. The van der Waals surface area contributed by atoms with E-state index in [1.165, 1.54) is 41.5 Å². The van der Waals surface area contributed by atoms with Crippen molar-refractivity contribution in [1.82, 2.24) is 4.57 Å². The molecule has 0 saturated carbocycles.